The van der Waals surface area contributed by atoms with Crippen molar-refractivity contribution in [2.75, 3.05) is 0 Å². The highest BCUT2D eigenvalue weighted by molar-refractivity contribution is 5.85. The molecule has 1 aromatic rings. The van der Waals surface area contributed by atoms with Crippen molar-refractivity contribution in [2.45, 2.75) is 27.3 Å². The van der Waals surface area contributed by atoms with E-state index in [4.69, 9.17) is 5.84 Å². The van der Waals surface area contributed by atoms with Crippen molar-refractivity contribution in [2.24, 2.45) is 5.84 Å². The van der Waals surface area contributed by atoms with E-state index in [1.165, 1.54) is 22.3 Å². The van der Waals surface area contributed by atoms with Crippen LogP contribution < -0.4 is 11.3 Å². The molecule has 0 unspecified atom stereocenters. The lowest BCUT2D eigenvalue weighted by Crippen LogP contribution is -2.21. The summed E-state index contributed by atoms with van der Waals surface area (Å²) in [5.74, 6) is 5.27. The average molecular weight is 201 g/mol. The van der Waals surface area contributed by atoms with Gasteiger partial charge in [0.15, 0.2) is 0 Å². The van der Waals surface area contributed by atoms with Gasteiger partial charge < -0.3 is 0 Å². The minimum atomic E-state index is 0. The first kappa shape index (κ1) is 12.4. The van der Waals surface area contributed by atoms with Crippen molar-refractivity contribution in [1.29, 1.82) is 0 Å². The molecule has 0 bridgehead atoms. The summed E-state index contributed by atoms with van der Waals surface area (Å²) in [6.07, 6.45) is 0. The molecule has 0 spiro atoms. The number of rotatable bonds is 2. The molecule has 13 heavy (non-hydrogen) atoms. The van der Waals surface area contributed by atoms with Crippen LogP contribution in [0.2, 0.25) is 0 Å². The van der Waals surface area contributed by atoms with E-state index in [9.17, 15) is 0 Å². The lowest BCUT2D eigenvalue weighted by atomic mass is 10.0. The topological polar surface area (TPSA) is 38.0 Å². The fourth-order valence-electron chi connectivity index (χ4n) is 1.32. The molecule has 2 nitrogen and oxygen atoms in total. The van der Waals surface area contributed by atoms with Crippen LogP contribution in [-0.4, -0.2) is 0 Å². The number of hydrazine groups is 1. The van der Waals surface area contributed by atoms with Gasteiger partial charge in [0.1, 0.15) is 0 Å². The van der Waals surface area contributed by atoms with E-state index in [1.807, 2.05) is 0 Å². The maximum atomic E-state index is 5.27. The lowest BCUT2D eigenvalue weighted by Gasteiger charge is -2.08. The van der Waals surface area contributed by atoms with Crippen molar-refractivity contribution in [3.8, 4) is 0 Å². The molecule has 0 fully saturated rings. The molecule has 0 aliphatic heterocycles. The summed E-state index contributed by atoms with van der Waals surface area (Å²) in [7, 11) is 0. The third kappa shape index (κ3) is 2.99. The Balaban J connectivity index is 0.00000144. The molecule has 3 heteroatoms. The van der Waals surface area contributed by atoms with Crippen molar-refractivity contribution < 1.29 is 0 Å². The number of halogens is 1. The number of nitrogens with two attached hydrogens (primary N) is 1. The van der Waals surface area contributed by atoms with Crippen LogP contribution in [0.5, 0.6) is 0 Å². The highest BCUT2D eigenvalue weighted by Crippen LogP contribution is 2.14. The summed E-state index contributed by atoms with van der Waals surface area (Å²) in [5, 5.41) is 0. The van der Waals surface area contributed by atoms with E-state index >= 15 is 0 Å². The molecule has 3 N–H and O–H groups in total. The Morgan fingerprint density at radius 1 is 1.08 bits per heavy atom. The quantitative estimate of drug-likeness (QED) is 0.566. The first-order chi connectivity index (χ1) is 5.65. The number of hydrogen-bond donors (Lipinski definition) is 2. The molecule has 0 atom stereocenters. The van der Waals surface area contributed by atoms with Crippen LogP contribution in [0.4, 0.5) is 0 Å². The van der Waals surface area contributed by atoms with Gasteiger partial charge in [-0.25, -0.2) is 0 Å². The monoisotopic (exact) mass is 200 g/mol. The van der Waals surface area contributed by atoms with E-state index in [2.05, 4.69) is 38.3 Å². The predicted molar refractivity (Wildman–Crippen MR) is 58.9 cm³/mol. The van der Waals surface area contributed by atoms with Gasteiger partial charge in [0, 0.05) is 6.54 Å². The molecule has 1 rings (SSSR count). The van der Waals surface area contributed by atoms with Gasteiger partial charge in [0.05, 0.1) is 0 Å². The van der Waals surface area contributed by atoms with E-state index in [-0.39, 0.29) is 12.4 Å². The largest absolute Gasteiger partial charge is 0.271 e. The molecule has 0 aliphatic rings. The highest BCUT2D eigenvalue weighted by atomic mass is 35.5. The summed E-state index contributed by atoms with van der Waals surface area (Å²) in [4.78, 5) is 0. The SMILES string of the molecule is Cc1cc(C)c(CNN)cc1C.Cl. The molecule has 0 heterocycles. The Labute approximate surface area is 85.9 Å². The number of nitrogens with one attached hydrogen (secondary N) is 1. The summed E-state index contributed by atoms with van der Waals surface area (Å²) in [5.41, 5.74) is 7.92. The molecule has 0 amide bonds. The zero-order valence-electron chi connectivity index (χ0n) is 8.35. The molecule has 0 aliphatic carbocycles. The van der Waals surface area contributed by atoms with E-state index in [1.54, 1.807) is 0 Å². The van der Waals surface area contributed by atoms with Crippen LogP contribution in [0.25, 0.3) is 0 Å². The van der Waals surface area contributed by atoms with E-state index in [0.29, 0.717) is 0 Å². The molecular formula is C10H17ClN2. The summed E-state index contributed by atoms with van der Waals surface area (Å²) >= 11 is 0. The third-order valence-corrected chi connectivity index (χ3v) is 2.24. The fraction of sp³-hybridized carbons (Fsp3) is 0.400. The maximum absolute atomic E-state index is 5.27. The minimum absolute atomic E-state index is 0. The van der Waals surface area contributed by atoms with Gasteiger partial charge in [0.25, 0.3) is 0 Å². The number of aryl methyl sites for hydroxylation is 3. The van der Waals surface area contributed by atoms with Crippen molar-refractivity contribution in [1.82, 2.24) is 5.43 Å². The Kier molecular flexibility index (Phi) is 4.99. The summed E-state index contributed by atoms with van der Waals surface area (Å²) < 4.78 is 0. The smallest absolute Gasteiger partial charge is 0.0351 e. The summed E-state index contributed by atoms with van der Waals surface area (Å²) in [6, 6.07) is 4.38. The zero-order chi connectivity index (χ0) is 9.14. The maximum Gasteiger partial charge on any atom is 0.0351 e. The van der Waals surface area contributed by atoms with Crippen molar-refractivity contribution in [3.05, 3.63) is 34.4 Å². The number of hydrogen-bond acceptors (Lipinski definition) is 2. The third-order valence-electron chi connectivity index (χ3n) is 2.24. The van der Waals surface area contributed by atoms with Crippen LogP contribution in [0.3, 0.4) is 0 Å². The van der Waals surface area contributed by atoms with E-state index in [0.717, 1.165) is 6.54 Å². The Hall–Kier alpha value is -0.570. The molecule has 74 valence electrons. The zero-order valence-corrected chi connectivity index (χ0v) is 9.16. The van der Waals surface area contributed by atoms with Gasteiger partial charge in [-0.15, -0.1) is 12.4 Å². The first-order valence-electron chi connectivity index (χ1n) is 4.15. The molecule has 1 aromatic carbocycles. The lowest BCUT2D eigenvalue weighted by molar-refractivity contribution is 0.736. The molecule has 0 radical (unpaired) electrons. The van der Waals surface area contributed by atoms with Gasteiger partial charge in [-0.2, -0.15) is 0 Å². The molecule has 0 saturated carbocycles. The van der Waals surface area contributed by atoms with Crippen molar-refractivity contribution >= 4 is 12.4 Å². The summed E-state index contributed by atoms with van der Waals surface area (Å²) in [6.45, 7) is 7.10. The standard InChI is InChI=1S/C10H16N2.ClH/c1-7-4-9(3)10(6-12-11)5-8(7)2;/h4-5,12H,6,11H2,1-3H3;1H. The second-order valence-electron chi connectivity index (χ2n) is 3.24. The van der Waals surface area contributed by atoms with Gasteiger partial charge in [-0.3, -0.25) is 11.3 Å². The Bertz CT molecular complexity index is 284. The Morgan fingerprint density at radius 3 is 2.15 bits per heavy atom. The van der Waals surface area contributed by atoms with Gasteiger partial charge in [-0.05, 0) is 43.0 Å². The van der Waals surface area contributed by atoms with Crippen LogP contribution in [0.15, 0.2) is 12.1 Å². The molecule has 0 aromatic heterocycles. The van der Waals surface area contributed by atoms with E-state index < -0.39 is 0 Å². The van der Waals surface area contributed by atoms with Crippen molar-refractivity contribution in [3.63, 3.8) is 0 Å². The molecular weight excluding hydrogens is 184 g/mol. The van der Waals surface area contributed by atoms with Gasteiger partial charge in [-0.1, -0.05) is 12.1 Å². The number of benzene rings is 1. The first-order valence-corrected chi connectivity index (χ1v) is 4.15. The molecule has 0 saturated heterocycles. The Morgan fingerprint density at radius 2 is 1.62 bits per heavy atom. The second kappa shape index (κ2) is 5.22. The van der Waals surface area contributed by atoms with Crippen LogP contribution in [0.1, 0.15) is 22.3 Å². The second-order valence-corrected chi connectivity index (χ2v) is 3.24. The van der Waals surface area contributed by atoms with Crippen LogP contribution in [0, 0.1) is 20.8 Å². The average Bonchev–Trinajstić information content (AvgIpc) is 2.01. The highest BCUT2D eigenvalue weighted by Gasteiger charge is 1.99. The normalized spacial score (nSPS) is 9.54. The predicted octanol–water partition coefficient (Wildman–Crippen LogP) is 2.00. The van der Waals surface area contributed by atoms with Crippen LogP contribution >= 0.6 is 12.4 Å². The minimum Gasteiger partial charge on any atom is -0.271 e. The van der Waals surface area contributed by atoms with Gasteiger partial charge in [0.2, 0.25) is 0 Å². The van der Waals surface area contributed by atoms with Crippen LogP contribution in [-0.2, 0) is 6.54 Å². The van der Waals surface area contributed by atoms with Gasteiger partial charge >= 0.3 is 0 Å². The fourth-order valence-corrected chi connectivity index (χ4v) is 1.32.